The van der Waals surface area contributed by atoms with E-state index >= 15 is 0 Å². The highest BCUT2D eigenvalue weighted by atomic mass is 19.1. The number of furan rings is 1. The summed E-state index contributed by atoms with van der Waals surface area (Å²) in [5, 5.41) is 14.6. The summed E-state index contributed by atoms with van der Waals surface area (Å²) >= 11 is 0. The van der Waals surface area contributed by atoms with Gasteiger partial charge in [0, 0.05) is 37.9 Å². The van der Waals surface area contributed by atoms with Crippen molar-refractivity contribution in [2.75, 3.05) is 37.0 Å². The molecule has 2 heterocycles. The molecule has 3 aromatic rings. The van der Waals surface area contributed by atoms with Crippen LogP contribution in [0, 0.1) is 22.9 Å². The van der Waals surface area contributed by atoms with Gasteiger partial charge in [0.25, 0.3) is 11.6 Å². The third-order valence-corrected chi connectivity index (χ3v) is 5.99. The van der Waals surface area contributed by atoms with Crippen molar-refractivity contribution in [2.45, 2.75) is 19.4 Å². The number of halogens is 1. The van der Waals surface area contributed by atoms with Crippen LogP contribution in [0.1, 0.15) is 22.5 Å². The molecular weight excluding hydrogens is 427 g/mol. The van der Waals surface area contributed by atoms with Crippen LogP contribution in [0.2, 0.25) is 0 Å². The van der Waals surface area contributed by atoms with Crippen LogP contribution in [-0.4, -0.2) is 44.1 Å². The maximum Gasteiger partial charge on any atom is 0.293 e. The minimum atomic E-state index is -0.486. The summed E-state index contributed by atoms with van der Waals surface area (Å²) < 4.78 is 20.5. The van der Waals surface area contributed by atoms with Gasteiger partial charge in [0.15, 0.2) is 5.76 Å². The Kier molecular flexibility index (Phi) is 6.15. The first kappa shape index (κ1) is 22.5. The highest BCUT2D eigenvalue weighted by Gasteiger charge is 2.25. The summed E-state index contributed by atoms with van der Waals surface area (Å²) in [6, 6.07) is 12.8. The van der Waals surface area contributed by atoms with Gasteiger partial charge in [-0.15, -0.1) is 0 Å². The van der Waals surface area contributed by atoms with E-state index in [1.54, 1.807) is 31.2 Å². The quantitative estimate of drug-likeness (QED) is 0.441. The van der Waals surface area contributed by atoms with E-state index in [9.17, 15) is 19.3 Å². The van der Waals surface area contributed by atoms with Crippen LogP contribution in [0.25, 0.3) is 11.3 Å². The average molecular weight is 452 g/mol. The lowest BCUT2D eigenvalue weighted by Gasteiger charge is -2.22. The van der Waals surface area contributed by atoms with Crippen molar-refractivity contribution in [2.24, 2.45) is 0 Å². The minimum absolute atomic E-state index is 0.00302. The summed E-state index contributed by atoms with van der Waals surface area (Å²) in [6.07, 6.45) is 0.941. The fraction of sp³-hybridized carbons (Fsp3) is 0.292. The number of carbonyl (C=O) groups is 1. The molecule has 172 valence electrons. The number of hydrogen-bond donors (Lipinski definition) is 1. The summed E-state index contributed by atoms with van der Waals surface area (Å²) in [7, 11) is 3.42. The monoisotopic (exact) mass is 452 g/mol. The Morgan fingerprint density at radius 1 is 1.24 bits per heavy atom. The predicted octanol–water partition coefficient (Wildman–Crippen LogP) is 4.38. The first-order valence-electron chi connectivity index (χ1n) is 10.6. The van der Waals surface area contributed by atoms with Crippen LogP contribution >= 0.6 is 0 Å². The third-order valence-electron chi connectivity index (χ3n) is 5.99. The van der Waals surface area contributed by atoms with E-state index in [1.165, 1.54) is 36.2 Å². The molecule has 1 amide bonds. The Labute approximate surface area is 190 Å². The highest BCUT2D eigenvalue weighted by Crippen LogP contribution is 2.33. The van der Waals surface area contributed by atoms with E-state index in [-0.39, 0.29) is 22.8 Å². The molecule has 1 atom stereocenters. The zero-order chi connectivity index (χ0) is 23.7. The molecule has 1 saturated heterocycles. The van der Waals surface area contributed by atoms with E-state index in [2.05, 4.69) is 5.32 Å². The van der Waals surface area contributed by atoms with Crippen molar-refractivity contribution in [1.29, 1.82) is 0 Å². The van der Waals surface area contributed by atoms with Crippen molar-refractivity contribution in [3.63, 3.8) is 0 Å². The van der Waals surface area contributed by atoms with Gasteiger partial charge in [0.05, 0.1) is 16.2 Å². The average Bonchev–Trinajstić information content (AvgIpc) is 3.48. The first-order valence-corrected chi connectivity index (χ1v) is 10.6. The molecule has 1 aliphatic rings. The van der Waals surface area contributed by atoms with E-state index in [0.717, 1.165) is 25.1 Å². The number of anilines is 2. The maximum absolute atomic E-state index is 14.9. The number of nitro groups is 1. The molecule has 8 nitrogen and oxygen atoms in total. The third kappa shape index (κ3) is 4.45. The Hall–Kier alpha value is -3.72. The fourth-order valence-electron chi connectivity index (χ4n) is 4.06. The van der Waals surface area contributed by atoms with Gasteiger partial charge < -0.3 is 19.5 Å². The molecule has 1 aromatic heterocycles. The Morgan fingerprint density at radius 3 is 2.70 bits per heavy atom. The molecule has 4 rings (SSSR count). The maximum atomic E-state index is 14.9. The van der Waals surface area contributed by atoms with E-state index < -0.39 is 16.6 Å². The molecule has 0 saturated carbocycles. The number of nitrogens with one attached hydrogen (secondary N) is 1. The van der Waals surface area contributed by atoms with Crippen LogP contribution in [0.5, 0.6) is 0 Å². The number of benzene rings is 2. The molecule has 1 N–H and O–H groups in total. The molecule has 0 radical (unpaired) electrons. The van der Waals surface area contributed by atoms with Crippen molar-refractivity contribution in [1.82, 2.24) is 5.32 Å². The predicted molar refractivity (Wildman–Crippen MR) is 124 cm³/mol. The number of nitro benzene ring substituents is 1. The summed E-state index contributed by atoms with van der Waals surface area (Å²) in [5.74, 6) is -0.671. The molecule has 1 aliphatic heterocycles. The van der Waals surface area contributed by atoms with Crippen LogP contribution in [0.3, 0.4) is 0 Å². The number of carbonyl (C=O) groups excluding carboxylic acids is 1. The van der Waals surface area contributed by atoms with Gasteiger partial charge in [-0.25, -0.2) is 4.39 Å². The molecule has 0 aliphatic carbocycles. The first-order chi connectivity index (χ1) is 15.8. The van der Waals surface area contributed by atoms with Crippen LogP contribution < -0.4 is 15.1 Å². The smallest absolute Gasteiger partial charge is 0.293 e. The SMILES string of the molecule is CNC1CCN(c2ccc(N(C)C(=O)c3ccc(-c4ccc(C)cc4[N+](=O)[O-])o3)cc2F)C1. The molecule has 0 spiro atoms. The van der Waals surface area contributed by atoms with E-state index in [4.69, 9.17) is 4.42 Å². The van der Waals surface area contributed by atoms with Crippen molar-refractivity contribution in [3.8, 4) is 11.3 Å². The van der Waals surface area contributed by atoms with E-state index in [0.29, 0.717) is 17.4 Å². The van der Waals surface area contributed by atoms with Crippen LogP contribution in [-0.2, 0) is 0 Å². The van der Waals surface area contributed by atoms with Crippen LogP contribution in [0.15, 0.2) is 52.9 Å². The van der Waals surface area contributed by atoms with Crippen LogP contribution in [0.4, 0.5) is 21.5 Å². The summed E-state index contributed by atoms with van der Waals surface area (Å²) in [5.41, 5.74) is 1.81. The number of amides is 1. The highest BCUT2D eigenvalue weighted by molar-refractivity contribution is 6.04. The Morgan fingerprint density at radius 2 is 2.03 bits per heavy atom. The number of likely N-dealkylation sites (N-methyl/N-ethyl adjacent to an activating group) is 1. The minimum Gasteiger partial charge on any atom is -0.451 e. The van der Waals surface area contributed by atoms with Crippen molar-refractivity contribution in [3.05, 3.63) is 75.8 Å². The second kappa shape index (κ2) is 9.03. The lowest BCUT2D eigenvalue weighted by molar-refractivity contribution is -0.384. The summed E-state index contributed by atoms with van der Waals surface area (Å²) in [6.45, 7) is 3.24. The molecule has 2 aromatic carbocycles. The molecule has 9 heteroatoms. The van der Waals surface area contributed by atoms with Crippen molar-refractivity contribution >= 4 is 23.0 Å². The second-order valence-corrected chi connectivity index (χ2v) is 8.16. The Balaban J connectivity index is 1.55. The lowest BCUT2D eigenvalue weighted by atomic mass is 10.1. The molecular formula is C24H25FN4O4. The fourth-order valence-corrected chi connectivity index (χ4v) is 4.06. The van der Waals surface area contributed by atoms with Gasteiger partial charge >= 0.3 is 0 Å². The second-order valence-electron chi connectivity index (χ2n) is 8.16. The number of aryl methyl sites for hydroxylation is 1. The molecule has 33 heavy (non-hydrogen) atoms. The number of rotatable bonds is 6. The van der Waals surface area contributed by atoms with E-state index in [1.807, 2.05) is 11.9 Å². The summed E-state index contributed by atoms with van der Waals surface area (Å²) in [4.78, 5) is 27.2. The van der Waals surface area contributed by atoms with Crippen molar-refractivity contribution < 1.29 is 18.5 Å². The largest absolute Gasteiger partial charge is 0.451 e. The molecule has 1 fully saturated rings. The van der Waals surface area contributed by atoms with Gasteiger partial charge in [-0.05, 0) is 62.4 Å². The zero-order valence-corrected chi connectivity index (χ0v) is 18.7. The molecule has 0 bridgehead atoms. The van der Waals surface area contributed by atoms with Gasteiger partial charge in [0.2, 0.25) is 0 Å². The standard InChI is InChI=1S/C24H25FN4O4/c1-15-4-6-18(21(12-15)29(31)32)22-8-9-23(33-22)24(30)27(3)17-5-7-20(19(25)13-17)28-11-10-16(14-28)26-2/h4-9,12-13,16,26H,10-11,14H2,1-3H3. The number of hydrogen-bond acceptors (Lipinski definition) is 6. The lowest BCUT2D eigenvalue weighted by Crippen LogP contribution is -2.30. The zero-order valence-electron chi connectivity index (χ0n) is 18.7. The molecule has 1 unspecified atom stereocenters. The Bertz CT molecular complexity index is 1210. The van der Waals surface area contributed by atoms with Gasteiger partial charge in [-0.2, -0.15) is 0 Å². The number of nitrogens with zero attached hydrogens (tertiary/aromatic N) is 3. The normalized spacial score (nSPS) is 15.6. The topological polar surface area (TPSA) is 91.9 Å². The van der Waals surface area contributed by atoms with Gasteiger partial charge in [-0.3, -0.25) is 14.9 Å². The van der Waals surface area contributed by atoms with Gasteiger partial charge in [0.1, 0.15) is 11.6 Å². The van der Waals surface area contributed by atoms with Gasteiger partial charge in [-0.1, -0.05) is 6.07 Å².